The number of carbonyl (C=O) groups is 2. The fourth-order valence-electron chi connectivity index (χ4n) is 3.91. The van der Waals surface area contributed by atoms with E-state index in [0.29, 0.717) is 11.1 Å². The molecule has 0 bridgehead atoms. The van der Waals surface area contributed by atoms with Crippen LogP contribution in [0.25, 0.3) is 0 Å². The second-order valence-corrected chi connectivity index (χ2v) is 8.92. The van der Waals surface area contributed by atoms with E-state index in [0.717, 1.165) is 19.4 Å². The Bertz CT molecular complexity index is 687. The van der Waals surface area contributed by atoms with Crippen molar-refractivity contribution in [2.24, 2.45) is 0 Å². The highest BCUT2D eigenvalue weighted by atomic mass is 16.5. The van der Waals surface area contributed by atoms with Gasteiger partial charge in [-0.1, -0.05) is 109 Å². The highest BCUT2D eigenvalue weighted by Gasteiger charge is 2.19. The Morgan fingerprint density at radius 3 is 1.47 bits per heavy atom. The Kier molecular flexibility index (Phi) is 17.4. The molecule has 1 aromatic rings. The molecule has 190 valence electrons. The summed E-state index contributed by atoms with van der Waals surface area (Å²) in [6, 6.07) is 1.51. The number of nitrogens with zero attached hydrogens (tertiary/aromatic N) is 1. The number of aromatic nitrogens is 1. The van der Waals surface area contributed by atoms with Crippen LogP contribution in [0, 0.1) is 0 Å². The van der Waals surface area contributed by atoms with Gasteiger partial charge in [-0.05, 0) is 12.5 Å². The average molecular weight is 473 g/mol. The first-order valence-electron chi connectivity index (χ1n) is 13.2. The van der Waals surface area contributed by atoms with Crippen LogP contribution in [0.1, 0.15) is 118 Å². The molecule has 0 aliphatic carbocycles. The summed E-state index contributed by atoms with van der Waals surface area (Å²) in [4.78, 5) is 24.6. The monoisotopic (exact) mass is 472 g/mol. The fourth-order valence-corrected chi connectivity index (χ4v) is 3.91. The molecule has 0 saturated carbocycles. The summed E-state index contributed by atoms with van der Waals surface area (Å²) in [5, 5.41) is 0. The number of carbonyl (C=O) groups excluding carboxylic acids is 2. The van der Waals surface area contributed by atoms with Crippen LogP contribution < -0.4 is 4.57 Å². The zero-order valence-electron chi connectivity index (χ0n) is 21.4. The normalized spacial score (nSPS) is 10.6. The van der Waals surface area contributed by atoms with Gasteiger partial charge in [-0.15, -0.1) is 0 Å². The van der Waals surface area contributed by atoms with Gasteiger partial charge in [0.15, 0.2) is 12.4 Å². The summed E-state index contributed by atoms with van der Waals surface area (Å²) in [7, 11) is 0. The van der Waals surface area contributed by atoms with Crippen molar-refractivity contribution in [3.63, 3.8) is 0 Å². The second-order valence-electron chi connectivity index (χ2n) is 8.92. The van der Waals surface area contributed by atoms with Gasteiger partial charge in [0.05, 0.1) is 0 Å². The molecule has 0 saturated heterocycles. The maximum atomic E-state index is 12.3. The number of esters is 2. The van der Waals surface area contributed by atoms with E-state index >= 15 is 0 Å². The maximum absolute atomic E-state index is 12.3. The maximum Gasteiger partial charge on any atom is 0.344 e. The molecule has 0 unspecified atom stereocenters. The minimum Gasteiger partial charge on any atom is -0.458 e. The zero-order valence-corrected chi connectivity index (χ0v) is 21.4. The highest BCUT2D eigenvalue weighted by Crippen LogP contribution is 2.13. The van der Waals surface area contributed by atoms with Crippen molar-refractivity contribution in [1.29, 1.82) is 0 Å². The minimum atomic E-state index is -0.479. The van der Waals surface area contributed by atoms with Crippen molar-refractivity contribution in [3.8, 4) is 0 Å². The smallest absolute Gasteiger partial charge is 0.344 e. The lowest BCUT2D eigenvalue weighted by atomic mass is 10.0. The van der Waals surface area contributed by atoms with E-state index in [1.807, 2.05) is 4.57 Å². The number of hydrogen-bond acceptors (Lipinski definition) is 4. The molecule has 0 radical (unpaired) electrons. The molecule has 5 heteroatoms. The summed E-state index contributed by atoms with van der Waals surface area (Å²) in [6.07, 6.45) is 24.8. The number of hydrogen-bond donors (Lipinski definition) is 0. The molecule has 1 rings (SSSR count). The van der Waals surface area contributed by atoms with Gasteiger partial charge in [0.2, 0.25) is 0 Å². The second kappa shape index (κ2) is 20.0. The quantitative estimate of drug-likeness (QED) is 0.0825. The molecule has 0 fully saturated rings. The van der Waals surface area contributed by atoms with E-state index in [-0.39, 0.29) is 13.2 Å². The lowest BCUT2D eigenvalue weighted by Gasteiger charge is -2.06. The molecule has 5 nitrogen and oxygen atoms in total. The minimum absolute atomic E-state index is 0.128. The highest BCUT2D eigenvalue weighted by molar-refractivity contribution is 5.94. The van der Waals surface area contributed by atoms with Gasteiger partial charge in [-0.2, -0.15) is 0 Å². The lowest BCUT2D eigenvalue weighted by Crippen LogP contribution is -2.36. The van der Waals surface area contributed by atoms with Gasteiger partial charge in [-0.3, -0.25) is 0 Å². The number of aryl methyl sites for hydroxylation is 1. The Hall–Kier alpha value is -2.43. The van der Waals surface area contributed by atoms with Gasteiger partial charge >= 0.3 is 11.9 Å². The van der Waals surface area contributed by atoms with Crippen molar-refractivity contribution >= 4 is 11.9 Å². The van der Waals surface area contributed by atoms with Crippen molar-refractivity contribution in [1.82, 2.24) is 0 Å². The number of rotatable bonds is 21. The SMILES string of the molecule is C=CCOC(=O)c1cc(C(=O)OCC=C)c[n+](CCCCCCCCCCCCCCCC)c1. The van der Waals surface area contributed by atoms with Gasteiger partial charge in [0.1, 0.15) is 30.9 Å². The van der Waals surface area contributed by atoms with Gasteiger partial charge in [-0.25, -0.2) is 14.2 Å². The molecule has 0 spiro atoms. The number of pyridine rings is 1. The largest absolute Gasteiger partial charge is 0.458 e. The summed E-state index contributed by atoms with van der Waals surface area (Å²) in [5.74, 6) is -0.957. The standard InChI is InChI=1S/C29H46NO4/c1-4-7-8-9-10-11-12-13-14-15-16-17-18-19-20-30-24-26(28(31)33-21-5-2)23-27(25-30)29(32)34-22-6-3/h5-6,23-25H,2-4,7-22H2,1H3/q+1. The predicted molar refractivity (Wildman–Crippen MR) is 138 cm³/mol. The third-order valence-corrected chi connectivity index (χ3v) is 5.83. The van der Waals surface area contributed by atoms with Crippen LogP contribution in [0.5, 0.6) is 0 Å². The van der Waals surface area contributed by atoms with E-state index in [1.54, 1.807) is 12.4 Å². The number of unbranched alkanes of at least 4 members (excludes halogenated alkanes) is 13. The molecule has 1 aromatic heterocycles. The zero-order chi connectivity index (χ0) is 24.9. The lowest BCUT2D eigenvalue weighted by molar-refractivity contribution is -0.697. The Morgan fingerprint density at radius 1 is 0.706 bits per heavy atom. The molecule has 0 atom stereocenters. The van der Waals surface area contributed by atoms with Crippen LogP contribution in [0.15, 0.2) is 43.8 Å². The fraction of sp³-hybridized carbons (Fsp3) is 0.621. The predicted octanol–water partition coefficient (Wildman–Crippen LogP) is 7.14. The first kappa shape index (κ1) is 29.6. The molecular weight excluding hydrogens is 426 g/mol. The number of ether oxygens (including phenoxy) is 2. The summed E-state index contributed by atoms with van der Waals surface area (Å²) < 4.78 is 12.2. The average Bonchev–Trinajstić information content (AvgIpc) is 2.85. The van der Waals surface area contributed by atoms with E-state index < -0.39 is 11.9 Å². The van der Waals surface area contributed by atoms with Crippen LogP contribution in [0.4, 0.5) is 0 Å². The van der Waals surface area contributed by atoms with Gasteiger partial charge < -0.3 is 9.47 Å². The molecule has 0 aliphatic heterocycles. The van der Waals surface area contributed by atoms with E-state index in [2.05, 4.69) is 20.1 Å². The molecule has 1 heterocycles. The molecule has 34 heavy (non-hydrogen) atoms. The topological polar surface area (TPSA) is 56.5 Å². The van der Waals surface area contributed by atoms with Crippen molar-refractivity contribution in [3.05, 3.63) is 54.9 Å². The Balaban J connectivity index is 2.34. The molecule has 0 aromatic carbocycles. The van der Waals surface area contributed by atoms with Crippen LogP contribution >= 0.6 is 0 Å². The van der Waals surface area contributed by atoms with Crippen LogP contribution in [-0.4, -0.2) is 25.2 Å². The Labute approximate surface area is 207 Å². The summed E-state index contributed by atoms with van der Waals surface area (Å²) in [5.41, 5.74) is 0.667. The van der Waals surface area contributed by atoms with E-state index in [4.69, 9.17) is 9.47 Å². The first-order chi connectivity index (χ1) is 16.6. The van der Waals surface area contributed by atoms with E-state index in [9.17, 15) is 9.59 Å². The summed E-state index contributed by atoms with van der Waals surface area (Å²) in [6.45, 7) is 10.4. The summed E-state index contributed by atoms with van der Waals surface area (Å²) >= 11 is 0. The molecule has 0 amide bonds. The molecular formula is C29H46NO4+. The first-order valence-corrected chi connectivity index (χ1v) is 13.2. The van der Waals surface area contributed by atoms with Crippen molar-refractivity contribution < 1.29 is 23.6 Å². The van der Waals surface area contributed by atoms with Crippen LogP contribution in [0.3, 0.4) is 0 Å². The third-order valence-electron chi connectivity index (χ3n) is 5.83. The van der Waals surface area contributed by atoms with Crippen molar-refractivity contribution in [2.45, 2.75) is 103 Å². The molecule has 0 N–H and O–H groups in total. The van der Waals surface area contributed by atoms with E-state index in [1.165, 1.54) is 95.3 Å². The van der Waals surface area contributed by atoms with Crippen LogP contribution in [-0.2, 0) is 16.0 Å². The Morgan fingerprint density at radius 2 is 1.09 bits per heavy atom. The third kappa shape index (κ3) is 14.0. The van der Waals surface area contributed by atoms with Gasteiger partial charge in [0, 0.05) is 6.42 Å². The van der Waals surface area contributed by atoms with Gasteiger partial charge in [0.25, 0.3) is 0 Å². The van der Waals surface area contributed by atoms with Crippen LogP contribution in [0.2, 0.25) is 0 Å². The molecule has 0 aliphatic rings. The van der Waals surface area contributed by atoms with Crippen molar-refractivity contribution in [2.75, 3.05) is 13.2 Å².